The van der Waals surface area contributed by atoms with Crippen LogP contribution in [-0.2, 0) is 0 Å². The van der Waals surface area contributed by atoms with Gasteiger partial charge in [-0.3, -0.25) is 4.79 Å². The number of hydrogen-bond acceptors (Lipinski definition) is 4. The molecule has 108 valence electrons. The summed E-state index contributed by atoms with van der Waals surface area (Å²) in [4.78, 5) is 16.1. The van der Waals surface area contributed by atoms with Gasteiger partial charge in [-0.15, -0.1) is 0 Å². The van der Waals surface area contributed by atoms with Crippen molar-refractivity contribution in [3.63, 3.8) is 0 Å². The van der Waals surface area contributed by atoms with Gasteiger partial charge in [0.05, 0.1) is 29.1 Å². The Morgan fingerprint density at radius 3 is 2.82 bits per heavy atom. The van der Waals surface area contributed by atoms with E-state index in [4.69, 9.17) is 0 Å². The summed E-state index contributed by atoms with van der Waals surface area (Å²) in [6, 6.07) is 7.67. The summed E-state index contributed by atoms with van der Waals surface area (Å²) in [6.45, 7) is 3.27. The molecule has 0 aliphatic rings. The van der Waals surface area contributed by atoms with Gasteiger partial charge >= 0.3 is 0 Å². The number of aryl methyl sites for hydroxylation is 1. The van der Waals surface area contributed by atoms with Crippen LogP contribution >= 0.6 is 0 Å². The molecule has 0 radical (unpaired) electrons. The van der Waals surface area contributed by atoms with Crippen molar-refractivity contribution in [3.8, 4) is 17.3 Å². The van der Waals surface area contributed by atoms with E-state index in [1.54, 1.807) is 10.6 Å². The molecule has 0 N–H and O–H groups in total. The number of fused-ring (bicyclic) bond motifs is 1. The molecule has 3 aromatic rings. The molecule has 0 aliphatic heterocycles. The number of benzene rings is 1. The molecule has 0 unspecified atom stereocenters. The second kappa shape index (κ2) is 5.04. The second-order valence-corrected chi connectivity index (χ2v) is 4.93. The maximum atomic E-state index is 13.3. The number of carbonyl (C=O) groups is 1. The molecule has 6 heteroatoms. The topological polar surface area (TPSA) is 71.1 Å². The van der Waals surface area contributed by atoms with Gasteiger partial charge in [0.25, 0.3) is 0 Å². The number of carbonyl (C=O) groups excluding carboxylic acids is 1. The lowest BCUT2D eigenvalue weighted by molar-refractivity contribution is 0.101. The number of nitriles is 1. The van der Waals surface area contributed by atoms with E-state index in [0.717, 1.165) is 5.69 Å². The van der Waals surface area contributed by atoms with Crippen molar-refractivity contribution in [2.75, 3.05) is 0 Å². The zero-order valence-corrected chi connectivity index (χ0v) is 12.0. The fourth-order valence-electron chi connectivity index (χ4n) is 2.33. The number of rotatable bonds is 2. The van der Waals surface area contributed by atoms with Crippen molar-refractivity contribution in [1.82, 2.24) is 14.6 Å². The van der Waals surface area contributed by atoms with Crippen LogP contribution in [0.5, 0.6) is 0 Å². The van der Waals surface area contributed by atoms with E-state index in [1.165, 1.54) is 31.3 Å². The molecule has 3 rings (SSSR count). The Labute approximate surface area is 125 Å². The first-order chi connectivity index (χ1) is 10.5. The van der Waals surface area contributed by atoms with Crippen molar-refractivity contribution >= 4 is 11.4 Å². The van der Waals surface area contributed by atoms with E-state index < -0.39 is 5.82 Å². The molecule has 0 amide bonds. The Kier molecular flexibility index (Phi) is 3.18. The van der Waals surface area contributed by atoms with Crippen LogP contribution in [0.1, 0.15) is 28.5 Å². The molecule has 0 fully saturated rings. The molecular weight excluding hydrogens is 283 g/mol. The van der Waals surface area contributed by atoms with E-state index >= 15 is 0 Å². The van der Waals surface area contributed by atoms with Gasteiger partial charge in [0.15, 0.2) is 11.4 Å². The SMILES string of the molecule is CC(=O)c1cnn2c(C)cc(-c3ccc(F)cc3C#N)nc12. The Morgan fingerprint density at radius 2 is 2.14 bits per heavy atom. The highest BCUT2D eigenvalue weighted by Gasteiger charge is 2.15. The predicted molar refractivity (Wildman–Crippen MR) is 77.8 cm³/mol. The number of nitrogens with zero attached hydrogens (tertiary/aromatic N) is 4. The Bertz CT molecular complexity index is 953. The minimum Gasteiger partial charge on any atom is -0.294 e. The summed E-state index contributed by atoms with van der Waals surface area (Å²) in [7, 11) is 0. The zero-order chi connectivity index (χ0) is 15.9. The molecule has 22 heavy (non-hydrogen) atoms. The average Bonchev–Trinajstić information content (AvgIpc) is 2.91. The van der Waals surface area contributed by atoms with Crippen molar-refractivity contribution < 1.29 is 9.18 Å². The molecule has 5 nitrogen and oxygen atoms in total. The number of Topliss-reactive ketones (excluding diaryl/α,β-unsaturated/α-hetero) is 1. The maximum Gasteiger partial charge on any atom is 0.166 e. The molecule has 0 aliphatic carbocycles. The van der Waals surface area contributed by atoms with E-state index in [0.29, 0.717) is 22.5 Å². The number of halogens is 1. The van der Waals surface area contributed by atoms with Crippen molar-refractivity contribution in [3.05, 3.63) is 53.1 Å². The smallest absolute Gasteiger partial charge is 0.166 e. The predicted octanol–water partition coefficient (Wildman–Crippen LogP) is 2.92. The third kappa shape index (κ3) is 2.13. The molecule has 1 aromatic carbocycles. The number of hydrogen-bond donors (Lipinski definition) is 0. The van der Waals surface area contributed by atoms with Crippen molar-refractivity contribution in [2.45, 2.75) is 13.8 Å². The molecule has 0 bridgehead atoms. The first-order valence-electron chi connectivity index (χ1n) is 6.57. The largest absolute Gasteiger partial charge is 0.294 e. The minimum absolute atomic E-state index is 0.140. The highest BCUT2D eigenvalue weighted by Crippen LogP contribution is 2.25. The Hall–Kier alpha value is -3.07. The highest BCUT2D eigenvalue weighted by molar-refractivity contribution is 5.99. The second-order valence-electron chi connectivity index (χ2n) is 4.93. The van der Waals surface area contributed by atoms with Crippen molar-refractivity contribution in [2.24, 2.45) is 0 Å². The van der Waals surface area contributed by atoms with Crippen LogP contribution in [0.3, 0.4) is 0 Å². The van der Waals surface area contributed by atoms with Gasteiger partial charge in [-0.05, 0) is 38.1 Å². The van der Waals surface area contributed by atoms with E-state index in [2.05, 4.69) is 10.1 Å². The minimum atomic E-state index is -0.480. The Morgan fingerprint density at radius 1 is 1.36 bits per heavy atom. The molecule has 2 aromatic heterocycles. The quantitative estimate of drug-likeness (QED) is 0.681. The van der Waals surface area contributed by atoms with Crippen LogP contribution in [-0.4, -0.2) is 20.4 Å². The normalized spacial score (nSPS) is 10.6. The third-order valence-corrected chi connectivity index (χ3v) is 3.41. The molecule has 0 atom stereocenters. The highest BCUT2D eigenvalue weighted by atomic mass is 19.1. The molecule has 0 saturated heterocycles. The lowest BCUT2D eigenvalue weighted by atomic mass is 10.0. The van der Waals surface area contributed by atoms with Crippen LogP contribution < -0.4 is 0 Å². The fraction of sp³-hybridized carbons (Fsp3) is 0.125. The van der Waals surface area contributed by atoms with Gasteiger partial charge in [0.2, 0.25) is 0 Å². The fourth-order valence-corrected chi connectivity index (χ4v) is 2.33. The average molecular weight is 294 g/mol. The van der Waals surface area contributed by atoms with Crippen LogP contribution in [0.4, 0.5) is 4.39 Å². The van der Waals surface area contributed by atoms with Gasteiger partial charge < -0.3 is 0 Å². The monoisotopic (exact) mass is 294 g/mol. The third-order valence-electron chi connectivity index (χ3n) is 3.41. The van der Waals surface area contributed by atoms with Crippen molar-refractivity contribution in [1.29, 1.82) is 5.26 Å². The van der Waals surface area contributed by atoms with Crippen LogP contribution in [0, 0.1) is 24.1 Å². The number of aromatic nitrogens is 3. The molecular formula is C16H11FN4O. The molecule has 2 heterocycles. The summed E-state index contributed by atoms with van der Waals surface area (Å²) in [5, 5.41) is 13.3. The summed E-state index contributed by atoms with van der Waals surface area (Å²) in [5.74, 6) is -0.620. The number of ketones is 1. The summed E-state index contributed by atoms with van der Waals surface area (Å²) in [5.41, 5.74) is 2.82. The Balaban J connectivity index is 2.31. The van der Waals surface area contributed by atoms with E-state index in [1.807, 2.05) is 13.0 Å². The summed E-state index contributed by atoms with van der Waals surface area (Å²) >= 11 is 0. The van der Waals surface area contributed by atoms with Crippen LogP contribution in [0.2, 0.25) is 0 Å². The maximum absolute atomic E-state index is 13.3. The lowest BCUT2D eigenvalue weighted by Gasteiger charge is -2.07. The van der Waals surface area contributed by atoms with Gasteiger partial charge in [-0.1, -0.05) is 0 Å². The summed E-state index contributed by atoms with van der Waals surface area (Å²) in [6.07, 6.45) is 1.47. The van der Waals surface area contributed by atoms with E-state index in [9.17, 15) is 14.4 Å². The zero-order valence-electron chi connectivity index (χ0n) is 12.0. The lowest BCUT2D eigenvalue weighted by Crippen LogP contribution is -2.01. The molecule has 0 spiro atoms. The first-order valence-corrected chi connectivity index (χ1v) is 6.57. The van der Waals surface area contributed by atoms with Gasteiger partial charge in [-0.25, -0.2) is 13.9 Å². The van der Waals surface area contributed by atoms with Crippen LogP contribution in [0.15, 0.2) is 30.5 Å². The molecule has 0 saturated carbocycles. The van der Waals surface area contributed by atoms with Gasteiger partial charge in [0, 0.05) is 11.3 Å². The van der Waals surface area contributed by atoms with Gasteiger partial charge in [-0.2, -0.15) is 10.4 Å². The standard InChI is InChI=1S/C16H11FN4O/c1-9-5-15(13-4-3-12(17)6-11(13)7-18)20-16-14(10(2)22)8-19-21(9)16/h3-6,8H,1-2H3. The van der Waals surface area contributed by atoms with Crippen LogP contribution in [0.25, 0.3) is 16.9 Å². The van der Waals surface area contributed by atoms with E-state index in [-0.39, 0.29) is 11.3 Å². The van der Waals surface area contributed by atoms with Gasteiger partial charge in [0.1, 0.15) is 5.82 Å². The first kappa shape index (κ1) is 13.9. The summed E-state index contributed by atoms with van der Waals surface area (Å²) < 4.78 is 14.8.